The molecule has 0 spiro atoms. The summed E-state index contributed by atoms with van der Waals surface area (Å²) in [7, 11) is 4.23. The molecule has 1 aromatic carbocycles. The Morgan fingerprint density at radius 2 is 2.00 bits per heavy atom. The second-order valence-corrected chi connectivity index (χ2v) is 3.73. The van der Waals surface area contributed by atoms with Crippen LogP contribution in [0, 0.1) is 0 Å². The topological polar surface area (TPSA) is 68.5 Å². The van der Waals surface area contributed by atoms with Crippen molar-refractivity contribution < 1.29 is 4.90 Å². The molecule has 0 aliphatic heterocycles. The third-order valence-electron chi connectivity index (χ3n) is 2.02. The van der Waals surface area contributed by atoms with E-state index in [1.165, 1.54) is 4.90 Å². The molecule has 0 saturated heterocycles. The van der Waals surface area contributed by atoms with Crippen LogP contribution in [0.1, 0.15) is 0 Å². The van der Waals surface area contributed by atoms with E-state index in [1.54, 1.807) is 6.07 Å². The zero-order chi connectivity index (χ0) is 10.6. The fraction of sp³-hybridized carbons (Fsp3) is 0.400. The van der Waals surface area contributed by atoms with E-state index in [2.05, 4.69) is 19.4 Å². The lowest BCUT2D eigenvalue weighted by molar-refractivity contribution is -0.856. The van der Waals surface area contributed by atoms with Gasteiger partial charge in [0, 0.05) is 5.69 Å². The van der Waals surface area contributed by atoms with Gasteiger partial charge in [-0.15, -0.1) is 0 Å². The van der Waals surface area contributed by atoms with Crippen molar-refractivity contribution in [2.24, 2.45) is 0 Å². The Morgan fingerprint density at radius 1 is 1.29 bits per heavy atom. The summed E-state index contributed by atoms with van der Waals surface area (Å²) in [6.07, 6.45) is 0. The van der Waals surface area contributed by atoms with Crippen LogP contribution in [-0.4, -0.2) is 27.2 Å². The monoisotopic (exact) mass is 195 g/mol. The van der Waals surface area contributed by atoms with E-state index in [0.29, 0.717) is 0 Å². The summed E-state index contributed by atoms with van der Waals surface area (Å²) in [5.41, 5.74) is 13.8. The van der Waals surface area contributed by atoms with Crippen LogP contribution in [0.2, 0.25) is 0 Å². The molecule has 0 aliphatic rings. The van der Waals surface area contributed by atoms with Gasteiger partial charge in [0.2, 0.25) is 0 Å². The molecule has 0 atom stereocenters. The van der Waals surface area contributed by atoms with Crippen LogP contribution < -0.4 is 21.7 Å². The predicted molar refractivity (Wildman–Crippen MR) is 61.4 cm³/mol. The van der Waals surface area contributed by atoms with Gasteiger partial charge in [-0.05, 0) is 18.2 Å². The van der Waals surface area contributed by atoms with Gasteiger partial charge < -0.3 is 21.7 Å². The van der Waals surface area contributed by atoms with Gasteiger partial charge in [0.05, 0.1) is 38.6 Å². The molecular weight excluding hydrogens is 176 g/mol. The smallest absolute Gasteiger partial charge is 0.0942 e. The van der Waals surface area contributed by atoms with Crippen molar-refractivity contribution in [2.75, 3.05) is 44.0 Å². The zero-order valence-corrected chi connectivity index (χ0v) is 8.80. The number of nitrogens with two attached hydrogens (primary N) is 2. The van der Waals surface area contributed by atoms with E-state index in [1.807, 2.05) is 12.1 Å². The van der Waals surface area contributed by atoms with E-state index >= 15 is 0 Å². The maximum Gasteiger partial charge on any atom is 0.0942 e. The fourth-order valence-corrected chi connectivity index (χ4v) is 1.17. The van der Waals surface area contributed by atoms with Crippen LogP contribution in [0.4, 0.5) is 17.1 Å². The molecule has 0 unspecified atom stereocenters. The van der Waals surface area contributed by atoms with Gasteiger partial charge in [0.1, 0.15) is 0 Å². The standard InChI is InChI=1S/C10H18N4/c1-14(2)6-5-13-10-7-8(11)3-4-9(10)12/h3-4,7,13H,5-6,11-12H2,1-2H3/p+1. The first-order valence-corrected chi connectivity index (χ1v) is 4.77. The van der Waals surface area contributed by atoms with Crippen LogP contribution in [0.25, 0.3) is 0 Å². The summed E-state index contributed by atoms with van der Waals surface area (Å²) in [6.45, 7) is 1.95. The number of benzene rings is 1. The number of nitrogens with one attached hydrogen (secondary N) is 2. The molecule has 0 aromatic heterocycles. The van der Waals surface area contributed by atoms with Crippen molar-refractivity contribution in [3.63, 3.8) is 0 Å². The number of likely N-dealkylation sites (N-methyl/N-ethyl adjacent to an activating group) is 1. The Kier molecular flexibility index (Phi) is 3.59. The molecule has 0 bridgehead atoms. The van der Waals surface area contributed by atoms with Crippen LogP contribution in [0.15, 0.2) is 18.2 Å². The van der Waals surface area contributed by atoms with Crippen molar-refractivity contribution >= 4 is 17.1 Å². The molecule has 1 aromatic rings. The predicted octanol–water partition coefficient (Wildman–Crippen LogP) is -0.593. The molecule has 78 valence electrons. The van der Waals surface area contributed by atoms with E-state index in [0.717, 1.165) is 30.2 Å². The lowest BCUT2D eigenvalue weighted by Crippen LogP contribution is -3.06. The van der Waals surface area contributed by atoms with Crippen LogP contribution in [-0.2, 0) is 0 Å². The summed E-state index contributed by atoms with van der Waals surface area (Å²) in [5.74, 6) is 0. The average molecular weight is 195 g/mol. The molecule has 4 heteroatoms. The summed E-state index contributed by atoms with van der Waals surface area (Å²) in [6, 6.07) is 5.48. The molecule has 14 heavy (non-hydrogen) atoms. The highest BCUT2D eigenvalue weighted by molar-refractivity contribution is 5.70. The second kappa shape index (κ2) is 4.72. The summed E-state index contributed by atoms with van der Waals surface area (Å²) in [4.78, 5) is 1.40. The lowest BCUT2D eigenvalue weighted by Gasteiger charge is -2.11. The van der Waals surface area contributed by atoms with Crippen molar-refractivity contribution in [1.29, 1.82) is 0 Å². The van der Waals surface area contributed by atoms with Gasteiger partial charge in [0.15, 0.2) is 0 Å². The van der Waals surface area contributed by atoms with Gasteiger partial charge in [-0.2, -0.15) is 0 Å². The zero-order valence-electron chi connectivity index (χ0n) is 8.80. The minimum Gasteiger partial charge on any atom is -0.399 e. The lowest BCUT2D eigenvalue weighted by atomic mass is 10.2. The maximum absolute atomic E-state index is 5.78. The highest BCUT2D eigenvalue weighted by atomic mass is 15.1. The molecule has 0 fully saturated rings. The summed E-state index contributed by atoms with van der Waals surface area (Å²) >= 11 is 0. The molecule has 1 rings (SSSR count). The number of rotatable bonds is 4. The molecule has 6 N–H and O–H groups in total. The first-order chi connectivity index (χ1) is 6.59. The quantitative estimate of drug-likeness (QED) is 0.485. The fourth-order valence-electron chi connectivity index (χ4n) is 1.17. The van der Waals surface area contributed by atoms with Gasteiger partial charge in [-0.3, -0.25) is 0 Å². The first-order valence-electron chi connectivity index (χ1n) is 4.77. The van der Waals surface area contributed by atoms with Crippen molar-refractivity contribution in [1.82, 2.24) is 0 Å². The van der Waals surface area contributed by atoms with Gasteiger partial charge >= 0.3 is 0 Å². The first kappa shape index (κ1) is 10.7. The number of anilines is 3. The van der Waals surface area contributed by atoms with Crippen LogP contribution in [0.5, 0.6) is 0 Å². The van der Waals surface area contributed by atoms with Crippen molar-refractivity contribution in [2.45, 2.75) is 0 Å². The summed E-state index contributed by atoms with van der Waals surface area (Å²) < 4.78 is 0. The normalized spacial score (nSPS) is 10.5. The highest BCUT2D eigenvalue weighted by Gasteiger charge is 1.99. The maximum atomic E-state index is 5.78. The SMILES string of the molecule is C[NH+](C)CCNc1cc(N)ccc1N. The Hall–Kier alpha value is -1.42. The van der Waals surface area contributed by atoms with E-state index in [9.17, 15) is 0 Å². The van der Waals surface area contributed by atoms with E-state index in [4.69, 9.17) is 11.5 Å². The average Bonchev–Trinajstić information content (AvgIpc) is 2.10. The largest absolute Gasteiger partial charge is 0.399 e. The summed E-state index contributed by atoms with van der Waals surface area (Å²) in [5, 5.41) is 3.26. The number of hydrogen-bond acceptors (Lipinski definition) is 3. The number of nitrogen functional groups attached to an aromatic ring is 2. The third-order valence-corrected chi connectivity index (χ3v) is 2.02. The van der Waals surface area contributed by atoms with Gasteiger partial charge in [0.25, 0.3) is 0 Å². The van der Waals surface area contributed by atoms with E-state index < -0.39 is 0 Å². The Morgan fingerprint density at radius 3 is 2.64 bits per heavy atom. The third kappa shape index (κ3) is 3.14. The minimum atomic E-state index is 0.735. The molecular formula is C10H19N4+. The van der Waals surface area contributed by atoms with Crippen LogP contribution >= 0.6 is 0 Å². The molecule has 0 heterocycles. The van der Waals surface area contributed by atoms with Crippen molar-refractivity contribution in [3.8, 4) is 0 Å². The molecule has 4 nitrogen and oxygen atoms in total. The Balaban J connectivity index is 2.53. The highest BCUT2D eigenvalue weighted by Crippen LogP contribution is 2.20. The van der Waals surface area contributed by atoms with Gasteiger partial charge in [-0.25, -0.2) is 0 Å². The Bertz CT molecular complexity index is 296. The second-order valence-electron chi connectivity index (χ2n) is 3.73. The van der Waals surface area contributed by atoms with Crippen LogP contribution in [0.3, 0.4) is 0 Å². The number of quaternary nitrogens is 1. The molecule has 0 radical (unpaired) electrons. The molecule has 0 saturated carbocycles. The van der Waals surface area contributed by atoms with Crippen molar-refractivity contribution in [3.05, 3.63) is 18.2 Å². The Labute approximate surface area is 84.9 Å². The van der Waals surface area contributed by atoms with Gasteiger partial charge in [-0.1, -0.05) is 0 Å². The molecule has 0 amide bonds. The van der Waals surface area contributed by atoms with E-state index in [-0.39, 0.29) is 0 Å². The minimum absolute atomic E-state index is 0.735. The number of hydrogen-bond donors (Lipinski definition) is 4. The molecule has 0 aliphatic carbocycles.